The fourth-order valence-corrected chi connectivity index (χ4v) is 2.79. The van der Waals surface area contributed by atoms with Crippen molar-refractivity contribution in [2.75, 3.05) is 19.8 Å². The SMILES string of the molecule is O=C(O)Cc1ccc(CNCCCOCC2CC2)s1. The molecule has 5 heteroatoms. The maximum Gasteiger partial charge on any atom is 0.308 e. The van der Waals surface area contributed by atoms with Crippen molar-refractivity contribution in [3.8, 4) is 0 Å². The first kappa shape index (κ1) is 14.5. The van der Waals surface area contributed by atoms with E-state index < -0.39 is 5.97 Å². The zero-order valence-corrected chi connectivity index (χ0v) is 11.9. The van der Waals surface area contributed by atoms with Crippen molar-refractivity contribution in [1.82, 2.24) is 5.32 Å². The lowest BCUT2D eigenvalue weighted by atomic mass is 10.3. The summed E-state index contributed by atoms with van der Waals surface area (Å²) >= 11 is 1.57. The molecule has 106 valence electrons. The van der Waals surface area contributed by atoms with E-state index in [1.807, 2.05) is 12.1 Å². The summed E-state index contributed by atoms with van der Waals surface area (Å²) in [6, 6.07) is 3.90. The van der Waals surface area contributed by atoms with Gasteiger partial charge in [-0.15, -0.1) is 11.3 Å². The Morgan fingerprint density at radius 3 is 2.95 bits per heavy atom. The summed E-state index contributed by atoms with van der Waals surface area (Å²) in [6.07, 6.45) is 3.84. The first-order valence-electron chi connectivity index (χ1n) is 6.82. The van der Waals surface area contributed by atoms with Gasteiger partial charge in [0.1, 0.15) is 0 Å². The van der Waals surface area contributed by atoms with Crippen LogP contribution in [0.3, 0.4) is 0 Å². The highest BCUT2D eigenvalue weighted by atomic mass is 32.1. The van der Waals surface area contributed by atoms with Crippen LogP contribution in [0.5, 0.6) is 0 Å². The standard InChI is InChI=1S/C14H21NO3S/c16-14(17)8-12-4-5-13(19-12)9-15-6-1-7-18-10-11-2-3-11/h4-5,11,15H,1-3,6-10H2,(H,16,17). The Morgan fingerprint density at radius 2 is 2.21 bits per heavy atom. The Bertz CT molecular complexity index is 401. The number of hydrogen-bond donors (Lipinski definition) is 2. The van der Waals surface area contributed by atoms with Gasteiger partial charge in [0, 0.05) is 29.5 Å². The van der Waals surface area contributed by atoms with Crippen LogP contribution in [0, 0.1) is 5.92 Å². The number of aliphatic carboxylic acids is 1. The van der Waals surface area contributed by atoms with Crippen LogP contribution in [0.15, 0.2) is 12.1 Å². The second kappa shape index (κ2) is 7.62. The molecule has 1 aromatic rings. The maximum atomic E-state index is 10.6. The van der Waals surface area contributed by atoms with Gasteiger partial charge in [-0.05, 0) is 43.9 Å². The van der Waals surface area contributed by atoms with Gasteiger partial charge in [0.2, 0.25) is 0 Å². The second-order valence-corrected chi connectivity index (χ2v) is 6.24. The third-order valence-electron chi connectivity index (χ3n) is 3.03. The molecule has 2 rings (SSSR count). The van der Waals surface area contributed by atoms with Crippen LogP contribution < -0.4 is 5.32 Å². The van der Waals surface area contributed by atoms with E-state index in [4.69, 9.17) is 9.84 Å². The molecule has 0 bridgehead atoms. The van der Waals surface area contributed by atoms with Crippen molar-refractivity contribution in [2.45, 2.75) is 32.2 Å². The molecule has 1 aliphatic carbocycles. The normalized spacial score (nSPS) is 14.7. The lowest BCUT2D eigenvalue weighted by Gasteiger charge is -2.04. The molecule has 1 saturated carbocycles. The van der Waals surface area contributed by atoms with Gasteiger partial charge in [0.05, 0.1) is 6.42 Å². The van der Waals surface area contributed by atoms with Crippen molar-refractivity contribution in [2.24, 2.45) is 5.92 Å². The van der Waals surface area contributed by atoms with E-state index in [-0.39, 0.29) is 6.42 Å². The summed E-state index contributed by atoms with van der Waals surface area (Å²) in [5.41, 5.74) is 0. The average molecular weight is 283 g/mol. The molecule has 0 aromatic carbocycles. The van der Waals surface area contributed by atoms with Gasteiger partial charge in [0.25, 0.3) is 0 Å². The molecule has 0 saturated heterocycles. The van der Waals surface area contributed by atoms with Gasteiger partial charge < -0.3 is 15.2 Å². The van der Waals surface area contributed by atoms with E-state index in [1.54, 1.807) is 11.3 Å². The Hall–Kier alpha value is -0.910. The summed E-state index contributed by atoms with van der Waals surface area (Å²) in [4.78, 5) is 12.7. The number of carboxylic acids is 1. The van der Waals surface area contributed by atoms with Crippen molar-refractivity contribution in [1.29, 1.82) is 0 Å². The topological polar surface area (TPSA) is 58.6 Å². The van der Waals surface area contributed by atoms with Crippen molar-refractivity contribution in [3.05, 3.63) is 21.9 Å². The molecule has 0 spiro atoms. The van der Waals surface area contributed by atoms with Gasteiger partial charge in [-0.3, -0.25) is 4.79 Å². The Morgan fingerprint density at radius 1 is 1.42 bits per heavy atom. The van der Waals surface area contributed by atoms with Crippen LogP contribution in [0.2, 0.25) is 0 Å². The first-order valence-corrected chi connectivity index (χ1v) is 7.63. The molecule has 1 fully saturated rings. The first-order chi connectivity index (χ1) is 9.24. The molecule has 0 amide bonds. The predicted octanol–water partition coefficient (Wildman–Crippen LogP) is 2.28. The molecular weight excluding hydrogens is 262 g/mol. The van der Waals surface area contributed by atoms with E-state index in [1.165, 1.54) is 17.7 Å². The fourth-order valence-electron chi connectivity index (χ4n) is 1.81. The van der Waals surface area contributed by atoms with Crippen LogP contribution in [0.1, 0.15) is 29.0 Å². The highest BCUT2D eigenvalue weighted by molar-refractivity contribution is 7.12. The van der Waals surface area contributed by atoms with Crippen LogP contribution in [-0.2, 0) is 22.5 Å². The Kier molecular flexibility index (Phi) is 5.82. The zero-order valence-electron chi connectivity index (χ0n) is 11.1. The van der Waals surface area contributed by atoms with E-state index in [0.29, 0.717) is 0 Å². The number of ether oxygens (including phenoxy) is 1. The van der Waals surface area contributed by atoms with Gasteiger partial charge in [-0.2, -0.15) is 0 Å². The molecule has 2 N–H and O–H groups in total. The second-order valence-electron chi connectivity index (χ2n) is 4.99. The molecule has 0 unspecified atom stereocenters. The largest absolute Gasteiger partial charge is 0.481 e. The van der Waals surface area contributed by atoms with Crippen LogP contribution in [0.4, 0.5) is 0 Å². The minimum Gasteiger partial charge on any atom is -0.481 e. The molecule has 1 heterocycles. The highest BCUT2D eigenvalue weighted by Gasteiger charge is 2.20. The number of hydrogen-bond acceptors (Lipinski definition) is 4. The average Bonchev–Trinajstić information content (AvgIpc) is 3.08. The van der Waals surface area contributed by atoms with Crippen molar-refractivity contribution in [3.63, 3.8) is 0 Å². The maximum absolute atomic E-state index is 10.6. The van der Waals surface area contributed by atoms with Crippen LogP contribution >= 0.6 is 11.3 Å². The van der Waals surface area contributed by atoms with Crippen LogP contribution in [0.25, 0.3) is 0 Å². The van der Waals surface area contributed by atoms with Crippen LogP contribution in [-0.4, -0.2) is 30.8 Å². The number of carbonyl (C=O) groups is 1. The number of nitrogens with one attached hydrogen (secondary N) is 1. The van der Waals surface area contributed by atoms with Crippen molar-refractivity contribution < 1.29 is 14.6 Å². The minimum atomic E-state index is -0.769. The quantitative estimate of drug-likeness (QED) is 0.647. The monoisotopic (exact) mass is 283 g/mol. The number of rotatable bonds is 10. The Labute approximate surface area is 117 Å². The third kappa shape index (κ3) is 6.18. The fraction of sp³-hybridized carbons (Fsp3) is 0.643. The Balaban J connectivity index is 1.49. The van der Waals surface area contributed by atoms with E-state index >= 15 is 0 Å². The van der Waals surface area contributed by atoms with Crippen molar-refractivity contribution >= 4 is 17.3 Å². The van der Waals surface area contributed by atoms with Gasteiger partial charge in [0.15, 0.2) is 0 Å². The molecule has 1 aromatic heterocycles. The molecule has 4 nitrogen and oxygen atoms in total. The zero-order chi connectivity index (χ0) is 13.5. The molecule has 1 aliphatic rings. The molecular formula is C14H21NO3S. The van der Waals surface area contributed by atoms with E-state index in [0.717, 1.165) is 43.5 Å². The lowest BCUT2D eigenvalue weighted by Crippen LogP contribution is -2.16. The number of thiophene rings is 1. The molecule has 0 radical (unpaired) electrons. The summed E-state index contributed by atoms with van der Waals surface area (Å²) < 4.78 is 5.56. The van der Waals surface area contributed by atoms with Gasteiger partial charge >= 0.3 is 5.97 Å². The summed E-state index contributed by atoms with van der Waals surface area (Å²) in [6.45, 7) is 3.52. The summed E-state index contributed by atoms with van der Waals surface area (Å²) in [5, 5.41) is 12.0. The minimum absolute atomic E-state index is 0.125. The highest BCUT2D eigenvalue weighted by Crippen LogP contribution is 2.28. The lowest BCUT2D eigenvalue weighted by molar-refractivity contribution is -0.136. The molecule has 0 atom stereocenters. The summed E-state index contributed by atoms with van der Waals surface area (Å²) in [5.74, 6) is 0.0703. The molecule has 0 aliphatic heterocycles. The van der Waals surface area contributed by atoms with Gasteiger partial charge in [-0.25, -0.2) is 0 Å². The van der Waals surface area contributed by atoms with E-state index in [9.17, 15) is 4.79 Å². The van der Waals surface area contributed by atoms with Gasteiger partial charge in [-0.1, -0.05) is 0 Å². The molecule has 19 heavy (non-hydrogen) atoms. The summed E-state index contributed by atoms with van der Waals surface area (Å²) in [7, 11) is 0. The number of carboxylic acid groups (broad SMARTS) is 1. The smallest absolute Gasteiger partial charge is 0.308 e. The predicted molar refractivity (Wildman–Crippen MR) is 75.5 cm³/mol. The third-order valence-corrected chi connectivity index (χ3v) is 4.12. The van der Waals surface area contributed by atoms with E-state index in [2.05, 4.69) is 5.32 Å².